The lowest BCUT2D eigenvalue weighted by atomic mass is 10.2. The molecule has 0 fully saturated rings. The van der Waals surface area contributed by atoms with Crippen LogP contribution in [0.15, 0.2) is 51.4 Å². The van der Waals surface area contributed by atoms with Crippen molar-refractivity contribution in [2.45, 2.75) is 6.10 Å². The standard InChI is InChI=1S/C16H11BrClNO2/c17-10-1-3-13-9(5-10)6-15(20-13)16-8-19-12-7-11(18)2-4-14(12)21-16/h1-7,16,19H,8H2. The lowest BCUT2D eigenvalue weighted by molar-refractivity contribution is 0.183. The summed E-state index contributed by atoms with van der Waals surface area (Å²) < 4.78 is 12.9. The molecular weight excluding hydrogens is 354 g/mol. The molecular formula is C16H11BrClNO2. The fraction of sp³-hybridized carbons (Fsp3) is 0.125. The van der Waals surface area contributed by atoms with E-state index in [1.165, 1.54) is 0 Å². The molecule has 0 saturated carbocycles. The molecule has 1 unspecified atom stereocenters. The van der Waals surface area contributed by atoms with Crippen LogP contribution in [0.5, 0.6) is 5.75 Å². The lowest BCUT2D eigenvalue weighted by Gasteiger charge is -2.26. The van der Waals surface area contributed by atoms with Crippen LogP contribution < -0.4 is 10.1 Å². The summed E-state index contributed by atoms with van der Waals surface area (Å²) in [6.07, 6.45) is -0.148. The van der Waals surface area contributed by atoms with Crippen molar-refractivity contribution in [2.24, 2.45) is 0 Å². The van der Waals surface area contributed by atoms with E-state index in [4.69, 9.17) is 20.8 Å². The molecule has 1 aliphatic heterocycles. The van der Waals surface area contributed by atoms with Gasteiger partial charge >= 0.3 is 0 Å². The molecule has 1 atom stereocenters. The Morgan fingerprint density at radius 1 is 1.14 bits per heavy atom. The molecule has 0 radical (unpaired) electrons. The summed E-state index contributed by atoms with van der Waals surface area (Å²) in [6, 6.07) is 13.5. The van der Waals surface area contributed by atoms with Crippen LogP contribution in [0.4, 0.5) is 5.69 Å². The molecule has 106 valence electrons. The molecule has 3 aromatic rings. The Kier molecular flexibility index (Phi) is 3.08. The van der Waals surface area contributed by atoms with Crippen LogP contribution in [0.2, 0.25) is 5.02 Å². The van der Waals surface area contributed by atoms with E-state index < -0.39 is 0 Å². The maximum atomic E-state index is 6.01. The van der Waals surface area contributed by atoms with E-state index in [1.807, 2.05) is 42.5 Å². The molecule has 0 saturated heterocycles. The average Bonchev–Trinajstić information content (AvgIpc) is 2.89. The van der Waals surface area contributed by atoms with Gasteiger partial charge in [-0.3, -0.25) is 0 Å². The molecule has 5 heteroatoms. The van der Waals surface area contributed by atoms with Gasteiger partial charge in [-0.05, 0) is 42.5 Å². The summed E-state index contributed by atoms with van der Waals surface area (Å²) in [7, 11) is 0. The van der Waals surface area contributed by atoms with Gasteiger partial charge in [0.25, 0.3) is 0 Å². The quantitative estimate of drug-likeness (QED) is 0.628. The second-order valence-corrected chi connectivity index (χ2v) is 6.31. The van der Waals surface area contributed by atoms with Gasteiger partial charge in [-0.25, -0.2) is 0 Å². The number of anilines is 1. The van der Waals surface area contributed by atoms with Crippen molar-refractivity contribution in [3.8, 4) is 5.75 Å². The topological polar surface area (TPSA) is 34.4 Å². The van der Waals surface area contributed by atoms with Gasteiger partial charge in [0.1, 0.15) is 17.1 Å². The smallest absolute Gasteiger partial charge is 0.173 e. The first kappa shape index (κ1) is 13.0. The van der Waals surface area contributed by atoms with Gasteiger partial charge in [0.15, 0.2) is 6.10 Å². The van der Waals surface area contributed by atoms with Gasteiger partial charge in [0.2, 0.25) is 0 Å². The Balaban J connectivity index is 1.68. The molecule has 1 aliphatic rings. The number of furan rings is 1. The summed E-state index contributed by atoms with van der Waals surface area (Å²) >= 11 is 9.45. The van der Waals surface area contributed by atoms with Crippen molar-refractivity contribution in [1.29, 1.82) is 0 Å². The van der Waals surface area contributed by atoms with Crippen LogP contribution in [0.3, 0.4) is 0 Å². The summed E-state index contributed by atoms with van der Waals surface area (Å²) in [5.41, 5.74) is 1.77. The lowest BCUT2D eigenvalue weighted by Crippen LogP contribution is -2.23. The number of halogens is 2. The van der Waals surface area contributed by atoms with Crippen molar-refractivity contribution >= 4 is 44.2 Å². The first-order chi connectivity index (χ1) is 10.2. The Morgan fingerprint density at radius 2 is 2.05 bits per heavy atom. The van der Waals surface area contributed by atoms with Gasteiger partial charge < -0.3 is 14.5 Å². The molecule has 2 aromatic carbocycles. The molecule has 0 spiro atoms. The summed E-state index contributed by atoms with van der Waals surface area (Å²) in [5.74, 6) is 1.61. The van der Waals surface area contributed by atoms with E-state index in [9.17, 15) is 0 Å². The first-order valence-electron chi connectivity index (χ1n) is 6.58. The number of hydrogen-bond donors (Lipinski definition) is 1. The molecule has 0 aliphatic carbocycles. The van der Waals surface area contributed by atoms with Crippen molar-refractivity contribution in [3.63, 3.8) is 0 Å². The maximum Gasteiger partial charge on any atom is 0.173 e. The normalized spacial score (nSPS) is 17.1. The second-order valence-electron chi connectivity index (χ2n) is 4.96. The van der Waals surface area contributed by atoms with E-state index in [-0.39, 0.29) is 6.10 Å². The van der Waals surface area contributed by atoms with Crippen molar-refractivity contribution in [2.75, 3.05) is 11.9 Å². The third kappa shape index (κ3) is 2.39. The van der Waals surface area contributed by atoms with Crippen LogP contribution >= 0.6 is 27.5 Å². The zero-order valence-corrected chi connectivity index (χ0v) is 13.2. The highest BCUT2D eigenvalue weighted by Gasteiger charge is 2.24. The van der Waals surface area contributed by atoms with Crippen LogP contribution in [-0.2, 0) is 0 Å². The minimum Gasteiger partial charge on any atom is -0.478 e. The first-order valence-corrected chi connectivity index (χ1v) is 7.75. The monoisotopic (exact) mass is 363 g/mol. The third-order valence-corrected chi connectivity index (χ3v) is 4.23. The van der Waals surface area contributed by atoms with E-state index in [2.05, 4.69) is 21.2 Å². The van der Waals surface area contributed by atoms with E-state index in [1.54, 1.807) is 0 Å². The van der Waals surface area contributed by atoms with Crippen molar-refractivity contribution in [3.05, 3.63) is 57.7 Å². The number of nitrogens with one attached hydrogen (secondary N) is 1. The minimum absolute atomic E-state index is 0.148. The van der Waals surface area contributed by atoms with Gasteiger partial charge in [-0.2, -0.15) is 0 Å². The summed E-state index contributed by atoms with van der Waals surface area (Å²) in [4.78, 5) is 0. The predicted octanol–water partition coefficient (Wildman–Crippen LogP) is 5.39. The number of fused-ring (bicyclic) bond motifs is 2. The average molecular weight is 365 g/mol. The van der Waals surface area contributed by atoms with Crippen molar-refractivity contribution < 1.29 is 9.15 Å². The Bertz CT molecular complexity index is 830. The fourth-order valence-corrected chi connectivity index (χ4v) is 3.04. The zero-order valence-electron chi connectivity index (χ0n) is 10.9. The fourth-order valence-electron chi connectivity index (χ4n) is 2.49. The zero-order chi connectivity index (χ0) is 14.4. The third-order valence-electron chi connectivity index (χ3n) is 3.50. The van der Waals surface area contributed by atoms with Crippen LogP contribution in [0, 0.1) is 0 Å². The maximum absolute atomic E-state index is 6.01. The Labute approximate surface area is 135 Å². The highest BCUT2D eigenvalue weighted by molar-refractivity contribution is 9.10. The molecule has 2 heterocycles. The van der Waals surface area contributed by atoms with Gasteiger partial charge in [-0.15, -0.1) is 0 Å². The molecule has 0 bridgehead atoms. The van der Waals surface area contributed by atoms with E-state index >= 15 is 0 Å². The molecule has 1 aromatic heterocycles. The largest absolute Gasteiger partial charge is 0.478 e. The number of ether oxygens (including phenoxy) is 1. The predicted molar refractivity (Wildman–Crippen MR) is 87.2 cm³/mol. The van der Waals surface area contributed by atoms with Gasteiger partial charge in [0, 0.05) is 14.9 Å². The van der Waals surface area contributed by atoms with Crippen LogP contribution in [0.1, 0.15) is 11.9 Å². The highest BCUT2D eigenvalue weighted by atomic mass is 79.9. The van der Waals surface area contributed by atoms with Gasteiger partial charge in [-0.1, -0.05) is 27.5 Å². The number of hydrogen-bond acceptors (Lipinski definition) is 3. The number of rotatable bonds is 1. The molecule has 0 amide bonds. The highest BCUT2D eigenvalue weighted by Crippen LogP contribution is 2.37. The molecule has 3 nitrogen and oxygen atoms in total. The van der Waals surface area contributed by atoms with Crippen molar-refractivity contribution in [1.82, 2.24) is 0 Å². The summed E-state index contributed by atoms with van der Waals surface area (Å²) in [6.45, 7) is 0.647. The second kappa shape index (κ2) is 4.97. The Morgan fingerprint density at radius 3 is 2.95 bits per heavy atom. The van der Waals surface area contributed by atoms with Gasteiger partial charge in [0.05, 0.1) is 12.2 Å². The molecule has 4 rings (SSSR count). The SMILES string of the molecule is Clc1ccc2c(c1)NCC(c1cc3cc(Br)ccc3o1)O2. The van der Waals surface area contributed by atoms with E-state index in [0.717, 1.165) is 32.6 Å². The van der Waals surface area contributed by atoms with Crippen LogP contribution in [-0.4, -0.2) is 6.54 Å². The summed E-state index contributed by atoms with van der Waals surface area (Å²) in [5, 5.41) is 5.08. The Hall–Kier alpha value is -1.65. The van der Waals surface area contributed by atoms with E-state index in [0.29, 0.717) is 11.6 Å². The minimum atomic E-state index is -0.148. The molecule has 1 N–H and O–H groups in total. The van der Waals surface area contributed by atoms with Crippen LogP contribution in [0.25, 0.3) is 11.0 Å². The number of benzene rings is 2. The molecule has 21 heavy (non-hydrogen) atoms.